The Morgan fingerprint density at radius 3 is 2.56 bits per heavy atom. The van der Waals surface area contributed by atoms with Gasteiger partial charge in [-0.2, -0.15) is 0 Å². The van der Waals surface area contributed by atoms with Gasteiger partial charge < -0.3 is 14.7 Å². The maximum absolute atomic E-state index is 13.2. The smallest absolute Gasteiger partial charge is 0.320 e. The monoisotopic (exact) mass is 392 g/mol. The molecule has 146 valence electrons. The molecule has 27 heavy (non-hydrogen) atoms. The van der Waals surface area contributed by atoms with Crippen molar-refractivity contribution < 1.29 is 18.0 Å². The minimum atomic E-state index is -3.86. The normalized spacial score (nSPS) is 23.7. The summed E-state index contributed by atoms with van der Waals surface area (Å²) in [6, 6.07) is 4.55. The summed E-state index contributed by atoms with van der Waals surface area (Å²) in [6.45, 7) is 3.26. The highest BCUT2D eigenvalue weighted by molar-refractivity contribution is 7.89. The lowest BCUT2D eigenvalue weighted by molar-refractivity contribution is -0.119. The first-order chi connectivity index (χ1) is 12.6. The highest BCUT2D eigenvalue weighted by Gasteiger charge is 2.52. The van der Waals surface area contributed by atoms with Gasteiger partial charge in [0.2, 0.25) is 15.9 Å². The summed E-state index contributed by atoms with van der Waals surface area (Å²) >= 11 is 0. The number of carbonyl (C=O) groups excluding carboxylic acids is 2. The van der Waals surface area contributed by atoms with Crippen molar-refractivity contribution in [1.29, 1.82) is 0 Å². The molecule has 4 rings (SSSR count). The van der Waals surface area contributed by atoms with Crippen molar-refractivity contribution in [2.75, 3.05) is 31.6 Å². The van der Waals surface area contributed by atoms with Crippen LogP contribution in [0.5, 0.6) is 0 Å². The van der Waals surface area contributed by atoms with Crippen LogP contribution in [0.25, 0.3) is 0 Å². The number of rotatable bonds is 4. The molecule has 1 aromatic rings. The average Bonchev–Trinajstić information content (AvgIpc) is 3.10. The lowest BCUT2D eigenvalue weighted by Crippen LogP contribution is -2.48. The number of fused-ring (bicyclic) bond motifs is 1. The van der Waals surface area contributed by atoms with E-state index in [1.807, 2.05) is 0 Å². The van der Waals surface area contributed by atoms with Gasteiger partial charge in [0, 0.05) is 31.9 Å². The van der Waals surface area contributed by atoms with Crippen LogP contribution in [0.15, 0.2) is 23.1 Å². The van der Waals surface area contributed by atoms with Gasteiger partial charge in [0.1, 0.15) is 6.54 Å². The minimum Gasteiger partial charge on any atom is -0.326 e. The van der Waals surface area contributed by atoms with Crippen LogP contribution in [-0.2, 0) is 21.2 Å². The Morgan fingerprint density at radius 1 is 1.30 bits per heavy atom. The Hall–Kier alpha value is -2.13. The first-order valence-electron chi connectivity index (χ1n) is 9.08. The Morgan fingerprint density at radius 2 is 2.00 bits per heavy atom. The van der Waals surface area contributed by atoms with Gasteiger partial charge in [-0.3, -0.25) is 4.79 Å². The standard InChI is InChI=1S/C18H24N4O4S/c1-18(5-6-18)15-9-12-3-4-13(27(19,25)26)10-14(12)22(15)16(23)11-21-8-7-20(2)17(21)24/h3-4,10,15H,5-9,11H2,1-2H3,(H2,19,25,26). The molecule has 2 heterocycles. The number of nitrogens with zero attached hydrogens (tertiary/aromatic N) is 3. The van der Waals surface area contributed by atoms with Gasteiger partial charge in [-0.05, 0) is 42.4 Å². The van der Waals surface area contributed by atoms with E-state index in [1.54, 1.807) is 22.9 Å². The lowest BCUT2D eigenvalue weighted by Gasteiger charge is -2.31. The van der Waals surface area contributed by atoms with Gasteiger partial charge in [0.05, 0.1) is 4.90 Å². The van der Waals surface area contributed by atoms with Gasteiger partial charge in [-0.25, -0.2) is 18.4 Å². The number of nitrogens with two attached hydrogens (primary N) is 1. The number of sulfonamides is 1. The summed E-state index contributed by atoms with van der Waals surface area (Å²) in [6.07, 6.45) is 2.75. The van der Waals surface area contributed by atoms with Crippen LogP contribution in [0.2, 0.25) is 0 Å². The molecule has 2 fully saturated rings. The fourth-order valence-electron chi connectivity index (χ4n) is 4.07. The summed E-state index contributed by atoms with van der Waals surface area (Å²) in [7, 11) is -2.15. The zero-order chi connectivity index (χ0) is 19.6. The zero-order valence-electron chi connectivity index (χ0n) is 15.5. The first kappa shape index (κ1) is 18.2. The highest BCUT2D eigenvalue weighted by Crippen LogP contribution is 2.54. The summed E-state index contributed by atoms with van der Waals surface area (Å²) in [5.74, 6) is -0.179. The highest BCUT2D eigenvalue weighted by atomic mass is 32.2. The van der Waals surface area contributed by atoms with Gasteiger partial charge >= 0.3 is 6.03 Å². The van der Waals surface area contributed by atoms with E-state index in [0.717, 1.165) is 18.4 Å². The maximum atomic E-state index is 13.2. The second-order valence-corrected chi connectivity index (χ2v) is 9.66. The fourth-order valence-corrected chi connectivity index (χ4v) is 4.60. The summed E-state index contributed by atoms with van der Waals surface area (Å²) < 4.78 is 23.5. The lowest BCUT2D eigenvalue weighted by atomic mass is 9.95. The van der Waals surface area contributed by atoms with Gasteiger partial charge in [-0.1, -0.05) is 13.0 Å². The summed E-state index contributed by atoms with van der Waals surface area (Å²) in [4.78, 5) is 30.2. The molecule has 0 aromatic heterocycles. The number of amides is 3. The van der Waals surface area contributed by atoms with Crippen molar-refractivity contribution in [2.45, 2.75) is 37.1 Å². The van der Waals surface area contributed by atoms with Crippen molar-refractivity contribution in [1.82, 2.24) is 9.80 Å². The zero-order valence-corrected chi connectivity index (χ0v) is 16.3. The third kappa shape index (κ3) is 3.08. The molecule has 1 atom stereocenters. The van der Waals surface area contributed by atoms with Crippen LogP contribution in [0.3, 0.4) is 0 Å². The Bertz CT molecular complexity index is 925. The number of hydrogen-bond donors (Lipinski definition) is 1. The topological polar surface area (TPSA) is 104 Å². The molecule has 0 spiro atoms. The number of anilines is 1. The molecular weight excluding hydrogens is 368 g/mol. The molecule has 0 bridgehead atoms. The second kappa shape index (κ2) is 5.93. The molecule has 1 saturated heterocycles. The third-order valence-corrected chi connectivity index (χ3v) is 7.02. The molecule has 3 aliphatic rings. The van der Waals surface area contributed by atoms with Crippen molar-refractivity contribution in [3.05, 3.63) is 23.8 Å². The van der Waals surface area contributed by atoms with Crippen molar-refractivity contribution in [3.8, 4) is 0 Å². The Labute approximate surface area is 158 Å². The summed E-state index contributed by atoms with van der Waals surface area (Å²) in [5.41, 5.74) is 1.57. The SMILES string of the molecule is CN1CCN(CC(=O)N2c3cc(S(N)(=O)=O)ccc3CC2C2(C)CC2)C1=O. The van der Waals surface area contributed by atoms with Gasteiger partial charge in [0.15, 0.2) is 0 Å². The van der Waals surface area contributed by atoms with E-state index in [0.29, 0.717) is 25.2 Å². The van der Waals surface area contributed by atoms with Crippen molar-refractivity contribution in [2.24, 2.45) is 10.6 Å². The van der Waals surface area contributed by atoms with Crippen LogP contribution in [0.1, 0.15) is 25.3 Å². The van der Waals surface area contributed by atoms with E-state index in [4.69, 9.17) is 5.14 Å². The minimum absolute atomic E-state index is 0.00219. The molecular formula is C18H24N4O4S. The Balaban J connectivity index is 1.68. The number of benzene rings is 1. The van der Waals surface area contributed by atoms with E-state index in [2.05, 4.69) is 6.92 Å². The van der Waals surface area contributed by atoms with E-state index in [9.17, 15) is 18.0 Å². The number of urea groups is 1. The molecule has 1 unspecified atom stereocenters. The molecule has 3 amide bonds. The molecule has 0 radical (unpaired) electrons. The largest absolute Gasteiger partial charge is 0.326 e. The number of primary sulfonamides is 1. The van der Waals surface area contributed by atoms with E-state index < -0.39 is 10.0 Å². The van der Waals surface area contributed by atoms with Crippen LogP contribution in [-0.4, -0.2) is 62.9 Å². The van der Waals surface area contributed by atoms with E-state index >= 15 is 0 Å². The summed E-state index contributed by atoms with van der Waals surface area (Å²) in [5, 5.41) is 5.28. The van der Waals surface area contributed by atoms with Gasteiger partial charge in [-0.15, -0.1) is 0 Å². The first-order valence-corrected chi connectivity index (χ1v) is 10.6. The molecule has 2 aliphatic heterocycles. The van der Waals surface area contributed by atoms with Crippen LogP contribution < -0.4 is 10.0 Å². The Kier molecular flexibility index (Phi) is 4.01. The van der Waals surface area contributed by atoms with Crippen LogP contribution >= 0.6 is 0 Å². The van der Waals surface area contributed by atoms with Crippen LogP contribution in [0.4, 0.5) is 10.5 Å². The predicted octanol–water partition coefficient (Wildman–Crippen LogP) is 0.759. The number of likely N-dealkylation sites (N-methyl/N-ethyl adjacent to an activating group) is 1. The number of carbonyl (C=O) groups is 2. The van der Waals surface area contributed by atoms with Gasteiger partial charge in [0.25, 0.3) is 0 Å². The fraction of sp³-hybridized carbons (Fsp3) is 0.556. The van der Waals surface area contributed by atoms with E-state index in [1.165, 1.54) is 17.0 Å². The maximum Gasteiger partial charge on any atom is 0.320 e. The molecule has 2 N–H and O–H groups in total. The molecule has 9 heteroatoms. The average molecular weight is 392 g/mol. The molecule has 1 saturated carbocycles. The van der Waals surface area contributed by atoms with E-state index in [-0.39, 0.29) is 34.8 Å². The quantitative estimate of drug-likeness (QED) is 0.817. The molecule has 1 aromatic carbocycles. The van der Waals surface area contributed by atoms with Crippen molar-refractivity contribution in [3.63, 3.8) is 0 Å². The molecule has 1 aliphatic carbocycles. The second-order valence-electron chi connectivity index (χ2n) is 8.10. The predicted molar refractivity (Wildman–Crippen MR) is 99.7 cm³/mol. The number of hydrogen-bond acceptors (Lipinski definition) is 4. The van der Waals surface area contributed by atoms with Crippen LogP contribution in [0, 0.1) is 5.41 Å². The van der Waals surface area contributed by atoms with Crippen molar-refractivity contribution >= 4 is 27.6 Å². The molecule has 8 nitrogen and oxygen atoms in total. The third-order valence-electron chi connectivity index (χ3n) is 6.11.